The lowest BCUT2D eigenvalue weighted by molar-refractivity contribution is -0.121. The van der Waals surface area contributed by atoms with E-state index >= 15 is 0 Å². The second kappa shape index (κ2) is 7.36. The minimum atomic E-state index is -0.122. The zero-order valence-electron chi connectivity index (χ0n) is 13.7. The number of ether oxygens (including phenoxy) is 2. The van der Waals surface area contributed by atoms with Crippen LogP contribution in [0.25, 0.3) is 0 Å². The largest absolute Gasteiger partial charge is 0.490 e. The molecular weight excluding hydrogens is 306 g/mol. The minimum Gasteiger partial charge on any atom is -0.490 e. The van der Waals surface area contributed by atoms with Gasteiger partial charge in [-0.05, 0) is 29.7 Å². The number of hydrogen-bond donors (Lipinski definition) is 1. The number of aliphatic hydroxyl groups is 1. The van der Waals surface area contributed by atoms with Crippen LogP contribution in [0.4, 0.5) is 5.69 Å². The van der Waals surface area contributed by atoms with Gasteiger partial charge < -0.3 is 19.5 Å². The molecule has 0 saturated heterocycles. The highest BCUT2D eigenvalue weighted by Crippen LogP contribution is 2.42. The maximum absolute atomic E-state index is 12.4. The molecule has 1 heterocycles. The van der Waals surface area contributed by atoms with Crippen molar-refractivity contribution in [3.8, 4) is 11.5 Å². The fourth-order valence-corrected chi connectivity index (χ4v) is 2.68. The number of carbonyl (C=O) groups is 1. The molecule has 0 saturated carbocycles. The first kappa shape index (κ1) is 16.3. The van der Waals surface area contributed by atoms with Crippen LogP contribution in [0.2, 0.25) is 0 Å². The number of benzene rings is 2. The average molecular weight is 327 g/mol. The number of aliphatic hydroxyl groups excluding tert-OH is 1. The van der Waals surface area contributed by atoms with Crippen LogP contribution in [-0.4, -0.2) is 24.2 Å². The van der Waals surface area contributed by atoms with Crippen LogP contribution in [0.5, 0.6) is 11.5 Å². The first-order valence-corrected chi connectivity index (χ1v) is 8.10. The van der Waals surface area contributed by atoms with Crippen molar-refractivity contribution in [1.29, 1.82) is 0 Å². The lowest BCUT2D eigenvalue weighted by Gasteiger charge is -2.31. The molecular formula is C19H21NO4. The smallest absolute Gasteiger partial charge is 0.265 e. The molecule has 0 fully saturated rings. The molecule has 126 valence electrons. The monoisotopic (exact) mass is 327 g/mol. The van der Waals surface area contributed by atoms with E-state index in [0.29, 0.717) is 35.9 Å². The van der Waals surface area contributed by atoms with E-state index in [-0.39, 0.29) is 19.1 Å². The van der Waals surface area contributed by atoms with Crippen molar-refractivity contribution in [2.75, 3.05) is 18.1 Å². The molecule has 2 aromatic rings. The van der Waals surface area contributed by atoms with Crippen LogP contribution in [0.1, 0.15) is 24.5 Å². The number of amides is 1. The molecule has 5 nitrogen and oxygen atoms in total. The van der Waals surface area contributed by atoms with Gasteiger partial charge >= 0.3 is 0 Å². The van der Waals surface area contributed by atoms with E-state index < -0.39 is 0 Å². The van der Waals surface area contributed by atoms with Gasteiger partial charge in [-0.15, -0.1) is 0 Å². The number of hydrogen-bond acceptors (Lipinski definition) is 4. The normalized spacial score (nSPS) is 13.4. The Kier molecular flexibility index (Phi) is 5.01. The lowest BCUT2D eigenvalue weighted by atomic mass is 10.1. The van der Waals surface area contributed by atoms with Gasteiger partial charge in [0.25, 0.3) is 5.91 Å². The molecule has 1 amide bonds. The van der Waals surface area contributed by atoms with Crippen molar-refractivity contribution >= 4 is 11.6 Å². The molecule has 0 atom stereocenters. The zero-order chi connectivity index (χ0) is 16.9. The number of anilines is 1. The molecule has 0 aromatic heterocycles. The molecule has 1 aliphatic heterocycles. The van der Waals surface area contributed by atoms with Gasteiger partial charge in [0.05, 0.1) is 25.4 Å². The number of fused-ring (bicyclic) bond motifs is 1. The Hall–Kier alpha value is -2.53. The van der Waals surface area contributed by atoms with Crippen molar-refractivity contribution < 1.29 is 19.4 Å². The van der Waals surface area contributed by atoms with Crippen LogP contribution in [-0.2, 0) is 17.9 Å². The second-order valence-electron chi connectivity index (χ2n) is 5.70. The third kappa shape index (κ3) is 3.36. The Morgan fingerprint density at radius 2 is 2.00 bits per heavy atom. The highest BCUT2D eigenvalue weighted by molar-refractivity contribution is 5.98. The Morgan fingerprint density at radius 1 is 1.21 bits per heavy atom. The summed E-state index contributed by atoms with van der Waals surface area (Å²) >= 11 is 0. The minimum absolute atomic E-state index is 0.0131. The van der Waals surface area contributed by atoms with Crippen molar-refractivity contribution in [2.24, 2.45) is 0 Å². The van der Waals surface area contributed by atoms with Crippen molar-refractivity contribution in [1.82, 2.24) is 0 Å². The average Bonchev–Trinajstić information content (AvgIpc) is 2.62. The Bertz CT molecular complexity index is 715. The predicted octanol–water partition coefficient (Wildman–Crippen LogP) is 2.89. The van der Waals surface area contributed by atoms with Crippen molar-refractivity contribution in [3.05, 3.63) is 53.6 Å². The Balaban J connectivity index is 1.99. The SMILES string of the molecule is CCCOc1cc(CO)cc2c1OCC(=O)N2Cc1ccccc1. The topological polar surface area (TPSA) is 59.0 Å². The summed E-state index contributed by atoms with van der Waals surface area (Å²) < 4.78 is 11.4. The molecule has 0 aliphatic carbocycles. The van der Waals surface area contributed by atoms with E-state index in [1.165, 1.54) is 0 Å². The van der Waals surface area contributed by atoms with Gasteiger partial charge in [0.15, 0.2) is 18.1 Å². The Labute approximate surface area is 141 Å². The number of nitrogens with zero attached hydrogens (tertiary/aromatic N) is 1. The second-order valence-corrected chi connectivity index (χ2v) is 5.70. The fourth-order valence-electron chi connectivity index (χ4n) is 2.68. The van der Waals surface area contributed by atoms with E-state index in [2.05, 4.69) is 0 Å². The molecule has 0 radical (unpaired) electrons. The number of carbonyl (C=O) groups excluding carboxylic acids is 1. The van der Waals surface area contributed by atoms with E-state index in [0.717, 1.165) is 12.0 Å². The van der Waals surface area contributed by atoms with E-state index in [9.17, 15) is 9.90 Å². The molecule has 1 N–H and O–H groups in total. The third-order valence-corrected chi connectivity index (χ3v) is 3.85. The van der Waals surface area contributed by atoms with Crippen LogP contribution >= 0.6 is 0 Å². The maximum Gasteiger partial charge on any atom is 0.265 e. The standard InChI is InChI=1S/C19H21NO4/c1-2-8-23-17-10-15(12-21)9-16-19(17)24-13-18(22)20(16)11-14-6-4-3-5-7-14/h3-7,9-10,21H,2,8,11-13H2,1H3. The van der Waals surface area contributed by atoms with Gasteiger partial charge in [-0.3, -0.25) is 4.79 Å². The molecule has 0 bridgehead atoms. The van der Waals surface area contributed by atoms with Crippen molar-refractivity contribution in [2.45, 2.75) is 26.5 Å². The molecule has 2 aromatic carbocycles. The molecule has 3 rings (SSSR count). The van der Waals surface area contributed by atoms with Crippen LogP contribution in [0.3, 0.4) is 0 Å². The molecule has 5 heteroatoms. The van der Waals surface area contributed by atoms with Gasteiger partial charge in [-0.1, -0.05) is 37.3 Å². The highest BCUT2D eigenvalue weighted by Gasteiger charge is 2.29. The van der Waals surface area contributed by atoms with Gasteiger partial charge in [-0.2, -0.15) is 0 Å². The summed E-state index contributed by atoms with van der Waals surface area (Å²) in [5, 5.41) is 9.53. The maximum atomic E-state index is 12.4. The summed E-state index contributed by atoms with van der Waals surface area (Å²) in [5.41, 5.74) is 2.37. The van der Waals surface area contributed by atoms with Gasteiger partial charge in [0.1, 0.15) is 0 Å². The molecule has 24 heavy (non-hydrogen) atoms. The summed E-state index contributed by atoms with van der Waals surface area (Å²) in [7, 11) is 0. The van der Waals surface area contributed by atoms with E-state index in [1.54, 1.807) is 17.0 Å². The van der Waals surface area contributed by atoms with Crippen LogP contribution in [0, 0.1) is 0 Å². The summed E-state index contributed by atoms with van der Waals surface area (Å²) in [6, 6.07) is 13.3. The number of rotatable bonds is 6. The predicted molar refractivity (Wildman–Crippen MR) is 91.3 cm³/mol. The van der Waals surface area contributed by atoms with Gasteiger partial charge in [0.2, 0.25) is 0 Å². The quantitative estimate of drug-likeness (QED) is 0.886. The summed E-state index contributed by atoms with van der Waals surface area (Å²) in [4.78, 5) is 14.1. The molecule has 0 spiro atoms. The first-order valence-electron chi connectivity index (χ1n) is 8.10. The van der Waals surface area contributed by atoms with Crippen LogP contribution < -0.4 is 14.4 Å². The summed E-state index contributed by atoms with van der Waals surface area (Å²) in [6.07, 6.45) is 0.866. The summed E-state index contributed by atoms with van der Waals surface area (Å²) in [6.45, 7) is 2.90. The Morgan fingerprint density at radius 3 is 2.71 bits per heavy atom. The third-order valence-electron chi connectivity index (χ3n) is 3.85. The van der Waals surface area contributed by atoms with E-state index in [4.69, 9.17) is 9.47 Å². The molecule has 0 unspecified atom stereocenters. The van der Waals surface area contributed by atoms with Crippen molar-refractivity contribution in [3.63, 3.8) is 0 Å². The van der Waals surface area contributed by atoms with Gasteiger partial charge in [0, 0.05) is 0 Å². The first-order chi connectivity index (χ1) is 11.7. The van der Waals surface area contributed by atoms with Crippen LogP contribution in [0.15, 0.2) is 42.5 Å². The lowest BCUT2D eigenvalue weighted by Crippen LogP contribution is -2.38. The summed E-state index contributed by atoms with van der Waals surface area (Å²) in [5.74, 6) is 1.03. The van der Waals surface area contributed by atoms with Gasteiger partial charge in [-0.25, -0.2) is 0 Å². The van der Waals surface area contributed by atoms with E-state index in [1.807, 2.05) is 37.3 Å². The highest BCUT2D eigenvalue weighted by atomic mass is 16.5. The zero-order valence-corrected chi connectivity index (χ0v) is 13.7. The molecule has 1 aliphatic rings. The fraction of sp³-hybridized carbons (Fsp3) is 0.316.